The third-order valence-corrected chi connectivity index (χ3v) is 5.28. The van der Waals surface area contributed by atoms with Crippen molar-refractivity contribution in [2.24, 2.45) is 5.14 Å². The fraction of sp³-hybridized carbons (Fsp3) is 0.150. The van der Waals surface area contributed by atoms with Crippen molar-refractivity contribution in [3.63, 3.8) is 0 Å². The van der Waals surface area contributed by atoms with Gasteiger partial charge in [0.1, 0.15) is 11.8 Å². The standard InChI is InChI=1S/C20H19FN6O3S/c1-12-3-4-15(10-18(12)31(23,28)29)26-20-24-11-16(21)19(27-20)25-14-5-6-17(13(2)9-14)30-8-7-22/h3-6,9-11H,8H2,1-2H3,(H2,23,28,29)(H2,24,25,26,27). The Labute approximate surface area is 178 Å². The first-order chi connectivity index (χ1) is 14.7. The highest BCUT2D eigenvalue weighted by Crippen LogP contribution is 2.26. The first-order valence-corrected chi connectivity index (χ1v) is 10.5. The number of halogens is 1. The second-order valence-corrected chi connectivity index (χ2v) is 8.12. The molecular formula is C20H19FN6O3S. The summed E-state index contributed by atoms with van der Waals surface area (Å²) in [5.74, 6) is -0.162. The molecule has 0 saturated heterocycles. The van der Waals surface area contributed by atoms with Crippen LogP contribution in [0.2, 0.25) is 0 Å². The van der Waals surface area contributed by atoms with Gasteiger partial charge in [0.25, 0.3) is 0 Å². The van der Waals surface area contributed by atoms with Crippen LogP contribution < -0.4 is 20.5 Å². The van der Waals surface area contributed by atoms with Gasteiger partial charge in [0.15, 0.2) is 18.2 Å². The number of anilines is 4. The average Bonchev–Trinajstić information content (AvgIpc) is 2.70. The van der Waals surface area contributed by atoms with Gasteiger partial charge in [0.2, 0.25) is 16.0 Å². The van der Waals surface area contributed by atoms with Crippen molar-refractivity contribution in [1.29, 1.82) is 5.26 Å². The van der Waals surface area contributed by atoms with Crippen LogP contribution in [0.3, 0.4) is 0 Å². The number of benzene rings is 2. The van der Waals surface area contributed by atoms with Gasteiger partial charge in [-0.2, -0.15) is 10.2 Å². The summed E-state index contributed by atoms with van der Waals surface area (Å²) in [5.41, 5.74) is 2.18. The topological polar surface area (TPSA) is 143 Å². The molecule has 0 aliphatic carbocycles. The van der Waals surface area contributed by atoms with E-state index >= 15 is 0 Å². The van der Waals surface area contributed by atoms with Crippen molar-refractivity contribution >= 4 is 33.2 Å². The third-order valence-electron chi connectivity index (χ3n) is 4.22. The van der Waals surface area contributed by atoms with E-state index in [2.05, 4.69) is 20.6 Å². The number of rotatable bonds is 7. The molecule has 0 aliphatic heterocycles. The maximum atomic E-state index is 14.2. The number of aromatic nitrogens is 2. The van der Waals surface area contributed by atoms with Crippen LogP contribution in [0.4, 0.5) is 27.5 Å². The molecule has 0 amide bonds. The van der Waals surface area contributed by atoms with Gasteiger partial charge in [0.05, 0.1) is 11.1 Å². The number of aryl methyl sites for hydroxylation is 2. The van der Waals surface area contributed by atoms with E-state index < -0.39 is 15.8 Å². The fourth-order valence-corrected chi connectivity index (χ4v) is 3.57. The summed E-state index contributed by atoms with van der Waals surface area (Å²) in [6, 6.07) is 11.5. The van der Waals surface area contributed by atoms with E-state index in [1.807, 2.05) is 6.07 Å². The molecule has 1 heterocycles. The number of hydrogen-bond donors (Lipinski definition) is 3. The zero-order valence-corrected chi connectivity index (χ0v) is 17.5. The lowest BCUT2D eigenvalue weighted by molar-refractivity contribution is 0.365. The number of nitrogens with two attached hydrogens (primary N) is 1. The second-order valence-electron chi connectivity index (χ2n) is 6.59. The molecule has 160 valence electrons. The zero-order valence-electron chi connectivity index (χ0n) is 16.7. The Balaban J connectivity index is 1.83. The van der Waals surface area contributed by atoms with Crippen LogP contribution in [0.25, 0.3) is 0 Å². The Bertz CT molecular complexity index is 1270. The van der Waals surface area contributed by atoms with Gasteiger partial charge in [0, 0.05) is 11.4 Å². The quantitative estimate of drug-likeness (QED) is 0.506. The molecule has 0 atom stereocenters. The molecule has 9 nitrogen and oxygen atoms in total. The largest absolute Gasteiger partial charge is 0.478 e. The van der Waals surface area contributed by atoms with Crippen molar-refractivity contribution in [3.8, 4) is 11.8 Å². The summed E-state index contributed by atoms with van der Waals surface area (Å²) in [4.78, 5) is 7.97. The normalized spacial score (nSPS) is 10.9. The van der Waals surface area contributed by atoms with E-state index in [-0.39, 0.29) is 23.3 Å². The van der Waals surface area contributed by atoms with Crippen molar-refractivity contribution in [1.82, 2.24) is 9.97 Å². The van der Waals surface area contributed by atoms with Gasteiger partial charge >= 0.3 is 0 Å². The first kappa shape index (κ1) is 21.9. The highest BCUT2D eigenvalue weighted by Gasteiger charge is 2.14. The molecule has 1 aromatic heterocycles. The Kier molecular flexibility index (Phi) is 6.33. The van der Waals surface area contributed by atoms with Gasteiger partial charge in [-0.15, -0.1) is 0 Å². The van der Waals surface area contributed by atoms with E-state index in [4.69, 9.17) is 15.1 Å². The van der Waals surface area contributed by atoms with E-state index in [1.54, 1.807) is 44.2 Å². The third kappa shape index (κ3) is 5.44. The predicted octanol–water partition coefficient (Wildman–Crippen LogP) is 3.27. The van der Waals surface area contributed by atoms with Crippen molar-refractivity contribution in [2.75, 3.05) is 17.2 Å². The van der Waals surface area contributed by atoms with Gasteiger partial charge < -0.3 is 15.4 Å². The first-order valence-electron chi connectivity index (χ1n) is 8.98. The number of primary sulfonamides is 1. The van der Waals surface area contributed by atoms with Gasteiger partial charge in [-0.3, -0.25) is 0 Å². The van der Waals surface area contributed by atoms with Gasteiger partial charge in [-0.25, -0.2) is 22.9 Å². The van der Waals surface area contributed by atoms with Crippen LogP contribution in [0.1, 0.15) is 11.1 Å². The molecule has 0 bridgehead atoms. The maximum Gasteiger partial charge on any atom is 0.238 e. The molecule has 0 aliphatic rings. The lowest BCUT2D eigenvalue weighted by Crippen LogP contribution is -2.14. The van der Waals surface area contributed by atoms with Crippen molar-refractivity contribution in [2.45, 2.75) is 18.7 Å². The molecule has 0 radical (unpaired) electrons. The molecular weight excluding hydrogens is 423 g/mol. The Morgan fingerprint density at radius 1 is 1.13 bits per heavy atom. The maximum absolute atomic E-state index is 14.2. The zero-order chi connectivity index (χ0) is 22.6. The van der Waals surface area contributed by atoms with Crippen LogP contribution >= 0.6 is 0 Å². The van der Waals surface area contributed by atoms with Crippen LogP contribution in [0, 0.1) is 31.0 Å². The molecule has 0 spiro atoms. The summed E-state index contributed by atoms with van der Waals surface area (Å²) in [5, 5.41) is 19.5. The molecule has 0 unspecified atom stereocenters. The highest BCUT2D eigenvalue weighted by molar-refractivity contribution is 7.89. The molecule has 4 N–H and O–H groups in total. The number of hydrogen-bond acceptors (Lipinski definition) is 8. The fourth-order valence-electron chi connectivity index (χ4n) is 2.76. The molecule has 31 heavy (non-hydrogen) atoms. The van der Waals surface area contributed by atoms with E-state index in [9.17, 15) is 12.8 Å². The molecule has 0 fully saturated rings. The van der Waals surface area contributed by atoms with E-state index in [0.29, 0.717) is 22.7 Å². The van der Waals surface area contributed by atoms with Crippen LogP contribution in [0.5, 0.6) is 5.75 Å². The number of nitrogens with one attached hydrogen (secondary N) is 2. The molecule has 3 rings (SSSR count). The lowest BCUT2D eigenvalue weighted by Gasteiger charge is -2.12. The molecule has 11 heteroatoms. The Hall–Kier alpha value is -3.75. The van der Waals surface area contributed by atoms with Crippen LogP contribution in [0.15, 0.2) is 47.5 Å². The summed E-state index contributed by atoms with van der Waals surface area (Å²) < 4.78 is 42.9. The van der Waals surface area contributed by atoms with E-state index in [0.717, 1.165) is 11.8 Å². The number of nitriles is 1. The summed E-state index contributed by atoms with van der Waals surface area (Å²) >= 11 is 0. The summed E-state index contributed by atoms with van der Waals surface area (Å²) in [6.45, 7) is 3.34. The Morgan fingerprint density at radius 3 is 2.52 bits per heavy atom. The van der Waals surface area contributed by atoms with Crippen LogP contribution in [-0.4, -0.2) is 25.0 Å². The molecule has 2 aromatic carbocycles. The molecule has 3 aromatic rings. The lowest BCUT2D eigenvalue weighted by atomic mass is 10.2. The number of sulfonamides is 1. The SMILES string of the molecule is Cc1cc(Nc2nc(Nc3ccc(C)c(S(N)(=O)=O)c3)ncc2F)ccc1OCC#N. The number of nitrogens with zero attached hydrogens (tertiary/aromatic N) is 3. The van der Waals surface area contributed by atoms with Gasteiger partial charge in [-0.1, -0.05) is 6.07 Å². The minimum absolute atomic E-state index is 0.0351. The summed E-state index contributed by atoms with van der Waals surface area (Å²) in [6.07, 6.45) is 0.990. The predicted molar refractivity (Wildman–Crippen MR) is 113 cm³/mol. The monoisotopic (exact) mass is 442 g/mol. The minimum Gasteiger partial charge on any atom is -0.478 e. The van der Waals surface area contributed by atoms with Gasteiger partial charge in [-0.05, 0) is 55.3 Å². The molecule has 0 saturated carbocycles. The van der Waals surface area contributed by atoms with Crippen LogP contribution in [-0.2, 0) is 10.0 Å². The summed E-state index contributed by atoms with van der Waals surface area (Å²) in [7, 11) is -3.90. The van der Waals surface area contributed by atoms with Crippen molar-refractivity contribution < 1.29 is 17.5 Å². The average molecular weight is 442 g/mol. The smallest absolute Gasteiger partial charge is 0.238 e. The van der Waals surface area contributed by atoms with Crippen molar-refractivity contribution in [3.05, 3.63) is 59.5 Å². The second kappa shape index (κ2) is 8.95. The van der Waals surface area contributed by atoms with E-state index in [1.165, 1.54) is 6.07 Å². The Morgan fingerprint density at radius 2 is 1.84 bits per heavy atom. The highest BCUT2D eigenvalue weighted by atomic mass is 32.2. The minimum atomic E-state index is -3.90. The number of ether oxygens (including phenoxy) is 1.